The van der Waals surface area contributed by atoms with Gasteiger partial charge in [-0.25, -0.2) is 14.6 Å². The number of nitro groups is 1. The lowest BCUT2D eigenvalue weighted by Crippen LogP contribution is -2.58. The van der Waals surface area contributed by atoms with Gasteiger partial charge in [0.05, 0.1) is 29.3 Å². The number of hydrogen-bond donors (Lipinski definition) is 2. The van der Waals surface area contributed by atoms with Crippen molar-refractivity contribution in [3.05, 3.63) is 77.4 Å². The van der Waals surface area contributed by atoms with Gasteiger partial charge in [0, 0.05) is 41.5 Å². The van der Waals surface area contributed by atoms with E-state index in [0.29, 0.717) is 41.6 Å². The average Bonchev–Trinajstić information content (AvgIpc) is 3.72. The first-order chi connectivity index (χ1) is 26.2. The predicted molar refractivity (Wildman–Crippen MR) is 204 cm³/mol. The summed E-state index contributed by atoms with van der Waals surface area (Å²) in [6.07, 6.45) is 4.61. The number of esters is 1. The fourth-order valence-electron chi connectivity index (χ4n) is 7.73. The first kappa shape index (κ1) is 39.2. The molecule has 2 saturated carbocycles. The van der Waals surface area contributed by atoms with E-state index in [1.54, 1.807) is 45.9 Å². The molecule has 0 bridgehead atoms. The number of carbonyl (C=O) groups is 4. The summed E-state index contributed by atoms with van der Waals surface area (Å²) in [5.41, 5.74) is -0.458. The first-order valence-electron chi connectivity index (χ1n) is 19.0. The highest BCUT2D eigenvalue weighted by Crippen LogP contribution is 2.46. The van der Waals surface area contributed by atoms with Gasteiger partial charge in [-0.15, -0.1) is 6.58 Å². The standard InChI is InChI=1S/C41H49N5O9/c1-6-27-23-41(27,38(49)53-7-2)44-36(47)33-21-29(24-45(33)37(48)35(26-16-12-9-13-17-26)43-39(50)55-40(3,4)5)54-34-22-32(25-14-10-8-11-15-25)42-31-19-18-28(46(51)52)20-30(31)34/h6,8,10-11,14-15,18-20,22,26-27,29,33,35H,1,7,9,12-13,16-17,21,23-24H2,2-5H3,(H,43,50)(H,44,47)/t27-,29?,33-,35-,41+/m0/s1. The number of pyridine rings is 1. The minimum Gasteiger partial charge on any atom is -0.488 e. The van der Waals surface area contributed by atoms with Crippen molar-refractivity contribution in [3.63, 3.8) is 0 Å². The highest BCUT2D eigenvalue weighted by molar-refractivity contribution is 5.97. The van der Waals surface area contributed by atoms with Crippen LogP contribution in [0, 0.1) is 22.0 Å². The van der Waals surface area contributed by atoms with Crippen LogP contribution in [0.15, 0.2) is 67.3 Å². The topological polar surface area (TPSA) is 179 Å². The summed E-state index contributed by atoms with van der Waals surface area (Å²) in [6.45, 7) is 10.8. The molecule has 1 unspecified atom stereocenters. The Kier molecular flexibility index (Phi) is 11.4. The normalized spacial score (nSPS) is 23.0. The second-order valence-electron chi connectivity index (χ2n) is 15.6. The van der Waals surface area contributed by atoms with Gasteiger partial charge in [0.15, 0.2) is 0 Å². The lowest BCUT2D eigenvalue weighted by atomic mass is 9.83. The number of fused-ring (bicyclic) bond motifs is 1. The van der Waals surface area contributed by atoms with E-state index in [4.69, 9.17) is 19.2 Å². The van der Waals surface area contributed by atoms with Crippen molar-refractivity contribution in [3.8, 4) is 17.0 Å². The minimum absolute atomic E-state index is 0.0263. The number of nitro benzene ring substituents is 1. The summed E-state index contributed by atoms with van der Waals surface area (Å²) in [4.78, 5) is 73.0. The number of rotatable bonds is 12. The number of aromatic nitrogens is 1. The van der Waals surface area contributed by atoms with Crippen molar-refractivity contribution < 1.29 is 38.3 Å². The Hall–Kier alpha value is -5.53. The molecule has 0 spiro atoms. The third-order valence-electron chi connectivity index (χ3n) is 10.5. The van der Waals surface area contributed by atoms with Crippen molar-refractivity contribution in [1.82, 2.24) is 20.5 Å². The van der Waals surface area contributed by atoms with Gasteiger partial charge in [0.2, 0.25) is 11.8 Å². The monoisotopic (exact) mass is 755 g/mol. The Morgan fingerprint density at radius 1 is 1.09 bits per heavy atom. The Labute approximate surface area is 320 Å². The summed E-state index contributed by atoms with van der Waals surface area (Å²) in [6, 6.07) is 13.3. The molecule has 5 atom stereocenters. The fourth-order valence-corrected chi connectivity index (χ4v) is 7.73. The van der Waals surface area contributed by atoms with E-state index >= 15 is 0 Å². The summed E-state index contributed by atoms with van der Waals surface area (Å²) in [7, 11) is 0. The maximum atomic E-state index is 14.8. The van der Waals surface area contributed by atoms with Gasteiger partial charge in [-0.1, -0.05) is 55.7 Å². The van der Waals surface area contributed by atoms with Crippen LogP contribution in [0.25, 0.3) is 22.2 Å². The SMILES string of the molecule is C=C[C@H]1C[C@]1(NC(=O)[C@@H]1CC(Oc2cc(-c3ccccc3)nc3ccc([N+](=O)[O-])cc23)CN1C(=O)[C@@H](NC(=O)OC(C)(C)C)C1CCCCC1)C(=O)OCC. The number of nitrogens with one attached hydrogen (secondary N) is 2. The molecule has 2 N–H and O–H groups in total. The van der Waals surface area contributed by atoms with E-state index in [2.05, 4.69) is 17.2 Å². The van der Waals surface area contributed by atoms with Gasteiger partial charge >= 0.3 is 12.1 Å². The molecule has 2 heterocycles. The van der Waals surface area contributed by atoms with Crippen LogP contribution in [0.3, 0.4) is 0 Å². The third-order valence-corrected chi connectivity index (χ3v) is 10.5. The van der Waals surface area contributed by atoms with Crippen molar-refractivity contribution in [2.45, 2.75) is 102 Å². The first-order valence-corrected chi connectivity index (χ1v) is 19.0. The molecule has 1 saturated heterocycles. The summed E-state index contributed by atoms with van der Waals surface area (Å²) < 4.78 is 17.5. The van der Waals surface area contributed by atoms with E-state index in [9.17, 15) is 29.3 Å². The quantitative estimate of drug-likeness (QED) is 0.0928. The van der Waals surface area contributed by atoms with Gasteiger partial charge in [0.1, 0.15) is 35.1 Å². The zero-order valence-electron chi connectivity index (χ0n) is 31.7. The smallest absolute Gasteiger partial charge is 0.408 e. The Balaban J connectivity index is 1.37. The largest absolute Gasteiger partial charge is 0.488 e. The van der Waals surface area contributed by atoms with Crippen LogP contribution >= 0.6 is 0 Å². The van der Waals surface area contributed by atoms with Gasteiger partial charge < -0.3 is 29.7 Å². The van der Waals surface area contributed by atoms with Gasteiger partial charge in [-0.05, 0) is 58.9 Å². The second-order valence-corrected chi connectivity index (χ2v) is 15.6. The number of benzene rings is 2. The summed E-state index contributed by atoms with van der Waals surface area (Å²) in [5.74, 6) is -1.88. The van der Waals surface area contributed by atoms with E-state index < -0.39 is 58.1 Å². The number of amides is 3. The van der Waals surface area contributed by atoms with E-state index in [1.807, 2.05) is 30.3 Å². The fraction of sp³-hybridized carbons (Fsp3) is 0.488. The highest BCUT2D eigenvalue weighted by atomic mass is 16.6. The number of hydrogen-bond acceptors (Lipinski definition) is 10. The zero-order chi connectivity index (χ0) is 39.5. The van der Waals surface area contributed by atoms with Gasteiger partial charge in [0.25, 0.3) is 5.69 Å². The second kappa shape index (κ2) is 16.1. The Morgan fingerprint density at radius 3 is 2.45 bits per heavy atom. The molecule has 3 aliphatic rings. The highest BCUT2D eigenvalue weighted by Gasteiger charge is 2.62. The van der Waals surface area contributed by atoms with E-state index in [1.165, 1.54) is 17.0 Å². The Bertz CT molecular complexity index is 1960. The van der Waals surface area contributed by atoms with Crippen molar-refractivity contribution in [2.75, 3.05) is 13.2 Å². The molecule has 6 rings (SSSR count). The Morgan fingerprint density at radius 2 is 1.82 bits per heavy atom. The average molecular weight is 756 g/mol. The number of likely N-dealkylation sites (tertiary alicyclic amines) is 1. The number of alkyl carbamates (subject to hydrolysis) is 1. The third kappa shape index (κ3) is 8.73. The van der Waals surface area contributed by atoms with Crippen molar-refractivity contribution in [2.24, 2.45) is 11.8 Å². The lowest BCUT2D eigenvalue weighted by Gasteiger charge is -2.35. The minimum atomic E-state index is -1.31. The summed E-state index contributed by atoms with van der Waals surface area (Å²) in [5, 5.41) is 17.9. The molecular weight excluding hydrogens is 706 g/mol. The predicted octanol–water partition coefficient (Wildman–Crippen LogP) is 6.26. The molecule has 14 nitrogen and oxygen atoms in total. The van der Waals surface area contributed by atoms with Gasteiger partial charge in [-0.3, -0.25) is 19.7 Å². The number of nitrogens with zero attached hydrogens (tertiary/aromatic N) is 3. The number of ether oxygens (including phenoxy) is 3. The summed E-state index contributed by atoms with van der Waals surface area (Å²) >= 11 is 0. The molecule has 55 heavy (non-hydrogen) atoms. The van der Waals surface area contributed by atoms with Crippen LogP contribution in [-0.4, -0.2) is 81.2 Å². The van der Waals surface area contributed by atoms with Crippen LogP contribution in [0.1, 0.15) is 72.6 Å². The number of non-ortho nitro benzene ring substituents is 1. The van der Waals surface area contributed by atoms with Crippen molar-refractivity contribution >= 4 is 40.5 Å². The molecule has 3 aromatic rings. The van der Waals surface area contributed by atoms with Crippen LogP contribution in [0.2, 0.25) is 0 Å². The molecule has 14 heteroatoms. The molecular formula is C41H49N5O9. The van der Waals surface area contributed by atoms with Crippen molar-refractivity contribution in [1.29, 1.82) is 0 Å². The van der Waals surface area contributed by atoms with Crippen LogP contribution < -0.4 is 15.4 Å². The molecule has 0 radical (unpaired) electrons. The maximum absolute atomic E-state index is 14.8. The zero-order valence-corrected chi connectivity index (χ0v) is 31.7. The molecule has 2 aromatic carbocycles. The number of carbonyl (C=O) groups excluding carboxylic acids is 4. The molecule has 2 aliphatic carbocycles. The molecule has 1 aromatic heterocycles. The van der Waals surface area contributed by atoms with E-state index in [0.717, 1.165) is 24.8 Å². The lowest BCUT2D eigenvalue weighted by molar-refractivity contribution is -0.384. The molecule has 3 fully saturated rings. The van der Waals surface area contributed by atoms with E-state index in [-0.39, 0.29) is 37.1 Å². The molecule has 3 amide bonds. The molecule has 1 aliphatic heterocycles. The molecule has 292 valence electrons. The van der Waals surface area contributed by atoms with Crippen LogP contribution in [-0.2, 0) is 23.9 Å². The van der Waals surface area contributed by atoms with Crippen LogP contribution in [0.4, 0.5) is 10.5 Å². The maximum Gasteiger partial charge on any atom is 0.408 e. The van der Waals surface area contributed by atoms with Gasteiger partial charge in [-0.2, -0.15) is 0 Å². The van der Waals surface area contributed by atoms with Crippen LogP contribution in [0.5, 0.6) is 5.75 Å².